The van der Waals surface area contributed by atoms with E-state index in [0.717, 1.165) is 77.7 Å². The smallest absolute Gasteiger partial charge is 0.238 e. The van der Waals surface area contributed by atoms with Crippen LogP contribution in [0.25, 0.3) is 33.5 Å². The second-order valence-corrected chi connectivity index (χ2v) is 10.1. The molecule has 0 radical (unpaired) electrons. The number of H-pyrrole nitrogens is 2. The zero-order chi connectivity index (χ0) is 26.2. The Kier molecular flexibility index (Phi) is 6.31. The van der Waals surface area contributed by atoms with E-state index in [4.69, 9.17) is 14.7 Å². The minimum absolute atomic E-state index is 0.412. The van der Waals surface area contributed by atoms with Crippen LogP contribution in [0, 0.1) is 6.92 Å². The van der Waals surface area contributed by atoms with Crippen molar-refractivity contribution < 1.29 is 9.30 Å². The summed E-state index contributed by atoms with van der Waals surface area (Å²) in [5, 5.41) is 1.12. The first kappa shape index (κ1) is 24.2. The number of piperidine rings is 1. The van der Waals surface area contributed by atoms with Crippen molar-refractivity contribution in [1.29, 1.82) is 0 Å². The van der Waals surface area contributed by atoms with E-state index < -0.39 is 0 Å². The number of aromatic nitrogens is 6. The number of anilines is 1. The van der Waals surface area contributed by atoms with Gasteiger partial charge in [-0.3, -0.25) is 4.98 Å². The number of methoxy groups -OCH3 is 1. The molecule has 8 heteroatoms. The third-order valence-corrected chi connectivity index (χ3v) is 7.72. The maximum atomic E-state index is 5.32. The summed E-state index contributed by atoms with van der Waals surface area (Å²) in [6.07, 6.45) is 6.77. The predicted octanol–water partition coefficient (Wildman–Crippen LogP) is 5.10. The van der Waals surface area contributed by atoms with E-state index in [2.05, 4.69) is 64.0 Å². The summed E-state index contributed by atoms with van der Waals surface area (Å²) in [5.41, 5.74) is 7.83. The number of aromatic amines is 2. The molecule has 1 aliphatic rings. The maximum Gasteiger partial charge on any atom is 0.238 e. The molecule has 1 fully saturated rings. The minimum atomic E-state index is 0.412. The van der Waals surface area contributed by atoms with E-state index in [0.29, 0.717) is 11.8 Å². The van der Waals surface area contributed by atoms with Gasteiger partial charge in [-0.25, -0.2) is 14.5 Å². The van der Waals surface area contributed by atoms with Crippen LogP contribution < -0.4 is 14.2 Å². The highest BCUT2D eigenvalue weighted by Crippen LogP contribution is 2.34. The third-order valence-electron chi connectivity index (χ3n) is 7.72. The van der Waals surface area contributed by atoms with Crippen LogP contribution in [0.2, 0.25) is 0 Å². The standard InChI is InChI=1S/C30H33N7O/c1-5-20-6-8-21(9-7-20)27-19(2)33-28(35-27)22-11-14-37(15-12-22)29-24-17-25(34-30(24)36(3)18-32-29)23-10-13-31-26(16-23)38-4/h6-10,13,16-18,22H,5,11-12,14-15H2,1-4H3,(H,33,35)/p+1. The second kappa shape index (κ2) is 9.93. The van der Waals surface area contributed by atoms with Gasteiger partial charge in [-0.1, -0.05) is 36.2 Å². The fraction of sp³-hybridized carbons (Fsp3) is 0.333. The SMILES string of the molecule is CCc1ccc(-c2nc(C3CCN(c4nc[n+](C)c5[nH]c(-c6ccnc(OC)c6)cc45)CC3)[nH]c2C)cc1. The molecule has 1 saturated heterocycles. The molecule has 1 aromatic carbocycles. The number of nitrogens with one attached hydrogen (secondary N) is 2. The Hall–Kier alpha value is -4.20. The lowest BCUT2D eigenvalue weighted by atomic mass is 9.96. The molecule has 5 heterocycles. The van der Waals surface area contributed by atoms with Gasteiger partial charge in [0, 0.05) is 48.1 Å². The Morgan fingerprint density at radius 3 is 2.55 bits per heavy atom. The van der Waals surface area contributed by atoms with Crippen LogP contribution in [0.5, 0.6) is 5.88 Å². The normalized spacial score (nSPS) is 14.4. The van der Waals surface area contributed by atoms with Gasteiger partial charge in [0.25, 0.3) is 0 Å². The number of ether oxygens (including phenoxy) is 1. The Balaban J connectivity index is 1.22. The summed E-state index contributed by atoms with van der Waals surface area (Å²) in [6, 6.07) is 14.9. The molecule has 0 aliphatic carbocycles. The van der Waals surface area contributed by atoms with Crippen LogP contribution in [-0.2, 0) is 13.5 Å². The number of hydrogen-bond donors (Lipinski definition) is 2. The third kappa shape index (κ3) is 4.40. The number of aryl methyl sites for hydroxylation is 3. The van der Waals surface area contributed by atoms with E-state index in [1.807, 2.05) is 30.1 Å². The van der Waals surface area contributed by atoms with Gasteiger partial charge >= 0.3 is 0 Å². The van der Waals surface area contributed by atoms with E-state index >= 15 is 0 Å². The van der Waals surface area contributed by atoms with Gasteiger partial charge in [0.05, 0.1) is 19.9 Å². The largest absolute Gasteiger partial charge is 0.481 e. The highest BCUT2D eigenvalue weighted by atomic mass is 16.5. The van der Waals surface area contributed by atoms with Crippen molar-refractivity contribution in [3.8, 4) is 28.4 Å². The number of pyridine rings is 1. The number of nitrogens with zero attached hydrogens (tertiary/aromatic N) is 5. The first-order valence-corrected chi connectivity index (χ1v) is 13.3. The summed E-state index contributed by atoms with van der Waals surface area (Å²) in [5.74, 6) is 3.13. The molecule has 0 unspecified atom stereocenters. The molecule has 0 spiro atoms. The van der Waals surface area contributed by atoms with Crippen molar-refractivity contribution in [2.45, 2.75) is 39.0 Å². The van der Waals surface area contributed by atoms with Crippen molar-refractivity contribution >= 4 is 16.9 Å². The van der Waals surface area contributed by atoms with Crippen molar-refractivity contribution in [2.24, 2.45) is 7.05 Å². The number of fused-ring (bicyclic) bond motifs is 1. The van der Waals surface area contributed by atoms with Gasteiger partial charge in [-0.15, -0.1) is 0 Å². The molecular weight excluding hydrogens is 474 g/mol. The van der Waals surface area contributed by atoms with Gasteiger partial charge < -0.3 is 14.6 Å². The molecule has 4 aromatic heterocycles. The molecule has 6 rings (SSSR count). The Morgan fingerprint density at radius 1 is 1.03 bits per heavy atom. The van der Waals surface area contributed by atoms with Crippen LogP contribution in [0.1, 0.15) is 42.8 Å². The van der Waals surface area contributed by atoms with Crippen LogP contribution in [-0.4, -0.2) is 45.1 Å². The van der Waals surface area contributed by atoms with Gasteiger partial charge in [-0.2, -0.15) is 0 Å². The van der Waals surface area contributed by atoms with Gasteiger partial charge in [0.1, 0.15) is 16.9 Å². The topological polar surface area (TPSA) is 86.6 Å². The van der Waals surface area contributed by atoms with Crippen molar-refractivity contribution in [3.63, 3.8) is 0 Å². The number of rotatable bonds is 6. The monoisotopic (exact) mass is 508 g/mol. The number of benzene rings is 1. The average molecular weight is 509 g/mol. The highest BCUT2D eigenvalue weighted by molar-refractivity contribution is 5.90. The molecule has 0 saturated carbocycles. The lowest BCUT2D eigenvalue weighted by Gasteiger charge is -2.30. The van der Waals surface area contributed by atoms with E-state index in [9.17, 15) is 0 Å². The van der Waals surface area contributed by atoms with Gasteiger partial charge in [0.2, 0.25) is 23.7 Å². The summed E-state index contributed by atoms with van der Waals surface area (Å²) >= 11 is 0. The Morgan fingerprint density at radius 2 is 1.82 bits per heavy atom. The summed E-state index contributed by atoms with van der Waals surface area (Å²) in [7, 11) is 3.66. The first-order valence-electron chi connectivity index (χ1n) is 13.3. The van der Waals surface area contributed by atoms with Crippen LogP contribution in [0.15, 0.2) is 55.0 Å². The second-order valence-electron chi connectivity index (χ2n) is 10.1. The van der Waals surface area contributed by atoms with E-state index in [1.165, 1.54) is 11.1 Å². The molecule has 0 atom stereocenters. The lowest BCUT2D eigenvalue weighted by Crippen LogP contribution is -2.36. The van der Waals surface area contributed by atoms with Crippen molar-refractivity contribution in [2.75, 3.05) is 25.1 Å². The molecular formula is C30H34N7O+. The lowest BCUT2D eigenvalue weighted by molar-refractivity contribution is -0.649. The first-order chi connectivity index (χ1) is 18.5. The molecule has 194 valence electrons. The van der Waals surface area contributed by atoms with Crippen LogP contribution in [0.3, 0.4) is 0 Å². The predicted molar refractivity (Wildman–Crippen MR) is 149 cm³/mol. The van der Waals surface area contributed by atoms with Crippen molar-refractivity contribution in [3.05, 3.63) is 72.1 Å². The molecule has 2 N–H and O–H groups in total. The molecule has 0 amide bonds. The van der Waals surface area contributed by atoms with Crippen molar-refractivity contribution in [1.82, 2.24) is 24.9 Å². The molecule has 1 aliphatic heterocycles. The van der Waals surface area contributed by atoms with E-state index in [1.54, 1.807) is 13.3 Å². The fourth-order valence-corrected chi connectivity index (χ4v) is 5.48. The molecule has 38 heavy (non-hydrogen) atoms. The summed E-state index contributed by atoms with van der Waals surface area (Å²) in [4.78, 5) is 23.7. The zero-order valence-electron chi connectivity index (χ0n) is 22.5. The van der Waals surface area contributed by atoms with Gasteiger partial charge in [-0.05, 0) is 43.9 Å². The van der Waals surface area contributed by atoms with Crippen LogP contribution in [0.4, 0.5) is 5.82 Å². The van der Waals surface area contributed by atoms with Crippen LogP contribution >= 0.6 is 0 Å². The minimum Gasteiger partial charge on any atom is -0.481 e. The highest BCUT2D eigenvalue weighted by Gasteiger charge is 2.28. The average Bonchev–Trinajstić information content (AvgIpc) is 3.59. The van der Waals surface area contributed by atoms with E-state index in [-0.39, 0.29) is 0 Å². The Labute approximate surface area is 222 Å². The summed E-state index contributed by atoms with van der Waals surface area (Å²) < 4.78 is 7.36. The molecule has 5 aromatic rings. The number of imidazole rings is 1. The quantitative estimate of drug-likeness (QED) is 0.312. The Bertz CT molecular complexity index is 1580. The van der Waals surface area contributed by atoms with Gasteiger partial charge in [0.15, 0.2) is 0 Å². The number of hydrogen-bond acceptors (Lipinski definition) is 5. The summed E-state index contributed by atoms with van der Waals surface area (Å²) in [6.45, 7) is 6.18. The fourth-order valence-electron chi connectivity index (χ4n) is 5.48. The maximum absolute atomic E-state index is 5.32. The molecule has 0 bridgehead atoms. The zero-order valence-corrected chi connectivity index (χ0v) is 22.5. The molecule has 8 nitrogen and oxygen atoms in total.